The number of rotatable bonds is 5. The summed E-state index contributed by atoms with van der Waals surface area (Å²) < 4.78 is 7.85. The Morgan fingerprint density at radius 2 is 2.10 bits per heavy atom. The van der Waals surface area contributed by atoms with Crippen LogP contribution in [-0.4, -0.2) is 40.1 Å². The van der Waals surface area contributed by atoms with E-state index in [1.807, 2.05) is 5.32 Å². The van der Waals surface area contributed by atoms with Gasteiger partial charge < -0.3 is 10.5 Å². The van der Waals surface area contributed by atoms with Crippen molar-refractivity contribution in [3.63, 3.8) is 0 Å². The fourth-order valence-corrected chi connectivity index (χ4v) is 6.57. The summed E-state index contributed by atoms with van der Waals surface area (Å²) in [6.45, 7) is 0. The Hall–Kier alpha value is -2.50. The van der Waals surface area contributed by atoms with Gasteiger partial charge in [-0.25, -0.2) is 9.78 Å². The summed E-state index contributed by atoms with van der Waals surface area (Å²) in [5, 5.41) is 3.04. The number of thioether (sulfide) groups is 2. The van der Waals surface area contributed by atoms with E-state index >= 15 is 0 Å². The molecule has 0 fully saturated rings. The molecule has 1 aromatic carbocycles. The lowest BCUT2D eigenvalue weighted by atomic mass is 10.1. The molecule has 0 radical (unpaired) electrons. The number of imide groups is 1. The van der Waals surface area contributed by atoms with E-state index in [1.165, 1.54) is 15.9 Å². The number of aryl methyl sites for hydroxylation is 1. The van der Waals surface area contributed by atoms with Gasteiger partial charge in [-0.3, -0.25) is 19.5 Å². The molecule has 0 spiro atoms. The number of aromatic nitrogens is 2. The van der Waals surface area contributed by atoms with Crippen LogP contribution in [0.15, 0.2) is 38.4 Å². The van der Waals surface area contributed by atoms with Crippen LogP contribution in [0.3, 0.4) is 0 Å². The molecule has 11 heteroatoms. The number of fused-ring (bicyclic) bond motifs is 3. The third-order valence-electron chi connectivity index (χ3n) is 4.49. The predicted molar refractivity (Wildman–Crippen MR) is 119 cm³/mol. The molecule has 8 nitrogen and oxygen atoms in total. The van der Waals surface area contributed by atoms with Crippen molar-refractivity contribution in [1.29, 1.82) is 0 Å². The van der Waals surface area contributed by atoms with E-state index < -0.39 is 11.9 Å². The van der Waals surface area contributed by atoms with Crippen molar-refractivity contribution in [2.24, 2.45) is 5.73 Å². The van der Waals surface area contributed by atoms with Crippen molar-refractivity contribution in [2.75, 3.05) is 18.6 Å². The molecule has 4 rings (SSSR count). The van der Waals surface area contributed by atoms with E-state index in [-0.39, 0.29) is 11.3 Å². The second kappa shape index (κ2) is 8.70. The van der Waals surface area contributed by atoms with Gasteiger partial charge in [-0.1, -0.05) is 11.8 Å². The highest BCUT2D eigenvalue weighted by molar-refractivity contribution is 8.01. The van der Waals surface area contributed by atoms with Crippen molar-refractivity contribution in [1.82, 2.24) is 14.9 Å². The molecule has 30 heavy (non-hydrogen) atoms. The first-order chi connectivity index (χ1) is 14.5. The number of nitrogens with two attached hydrogens (primary N) is 1. The van der Waals surface area contributed by atoms with Crippen LogP contribution < -0.4 is 21.3 Å². The van der Waals surface area contributed by atoms with Gasteiger partial charge in [-0.05, 0) is 48.4 Å². The Labute approximate surface area is 184 Å². The van der Waals surface area contributed by atoms with Gasteiger partial charge in [0.15, 0.2) is 5.16 Å². The first-order valence-corrected chi connectivity index (χ1v) is 11.8. The highest BCUT2D eigenvalue weighted by Gasteiger charge is 2.23. The molecule has 3 heterocycles. The SMILES string of the molecule is COc1ccc(-n2c(SCC(=O)NC(N)=O)nc3sc4c(c3c2=O)CCCS4)cc1. The molecule has 0 bridgehead atoms. The lowest BCUT2D eigenvalue weighted by molar-refractivity contribution is -0.117. The fourth-order valence-electron chi connectivity index (χ4n) is 3.18. The van der Waals surface area contributed by atoms with Gasteiger partial charge in [0, 0.05) is 0 Å². The lowest BCUT2D eigenvalue weighted by Crippen LogP contribution is -2.36. The number of carbonyl (C=O) groups excluding carboxylic acids is 2. The number of primary amides is 1. The van der Waals surface area contributed by atoms with Crippen molar-refractivity contribution in [2.45, 2.75) is 22.2 Å². The maximum absolute atomic E-state index is 13.6. The molecule has 0 saturated carbocycles. The van der Waals surface area contributed by atoms with Gasteiger partial charge in [-0.2, -0.15) is 0 Å². The smallest absolute Gasteiger partial charge is 0.318 e. The number of benzene rings is 1. The van der Waals surface area contributed by atoms with Gasteiger partial charge in [0.05, 0.1) is 28.1 Å². The summed E-state index contributed by atoms with van der Waals surface area (Å²) in [5.74, 6) is 1.04. The predicted octanol–water partition coefficient (Wildman–Crippen LogP) is 2.78. The zero-order chi connectivity index (χ0) is 21.3. The number of thiophene rings is 1. The van der Waals surface area contributed by atoms with E-state index in [2.05, 4.69) is 0 Å². The maximum Gasteiger partial charge on any atom is 0.318 e. The molecular weight excluding hydrogens is 444 g/mol. The average molecular weight is 463 g/mol. The summed E-state index contributed by atoms with van der Waals surface area (Å²) in [5.41, 5.74) is 6.52. The number of carbonyl (C=O) groups is 2. The topological polar surface area (TPSA) is 116 Å². The molecule has 1 aliphatic heterocycles. The summed E-state index contributed by atoms with van der Waals surface area (Å²) in [4.78, 5) is 41.8. The molecule has 0 saturated heterocycles. The molecule has 1 aliphatic rings. The minimum atomic E-state index is -0.917. The zero-order valence-corrected chi connectivity index (χ0v) is 18.4. The van der Waals surface area contributed by atoms with Crippen LogP contribution in [-0.2, 0) is 11.2 Å². The molecular formula is C19H18N4O4S3. The third kappa shape index (κ3) is 4.05. The monoisotopic (exact) mass is 462 g/mol. The summed E-state index contributed by atoms with van der Waals surface area (Å²) in [7, 11) is 1.57. The van der Waals surface area contributed by atoms with E-state index in [0.29, 0.717) is 26.8 Å². The number of hydrogen-bond donors (Lipinski definition) is 2. The molecule has 0 atom stereocenters. The summed E-state index contributed by atoms with van der Waals surface area (Å²) >= 11 is 4.34. The number of hydrogen-bond acceptors (Lipinski definition) is 8. The highest BCUT2D eigenvalue weighted by atomic mass is 32.2. The molecule has 0 unspecified atom stereocenters. The number of nitrogens with one attached hydrogen (secondary N) is 1. The zero-order valence-electron chi connectivity index (χ0n) is 16.0. The van der Waals surface area contributed by atoms with Gasteiger partial charge in [-0.15, -0.1) is 23.1 Å². The van der Waals surface area contributed by atoms with Gasteiger partial charge >= 0.3 is 6.03 Å². The number of ether oxygens (including phenoxy) is 1. The van der Waals surface area contributed by atoms with Crippen LogP contribution in [0.1, 0.15) is 12.0 Å². The minimum absolute atomic E-state index is 0.100. The Morgan fingerprint density at radius 3 is 2.80 bits per heavy atom. The molecule has 0 aliphatic carbocycles. The van der Waals surface area contributed by atoms with Crippen LogP contribution >= 0.6 is 34.9 Å². The van der Waals surface area contributed by atoms with Gasteiger partial charge in [0.1, 0.15) is 10.6 Å². The number of amides is 3. The van der Waals surface area contributed by atoms with Crippen LogP contribution in [0.2, 0.25) is 0 Å². The fraction of sp³-hybridized carbons (Fsp3) is 0.263. The molecule has 2 aromatic heterocycles. The van der Waals surface area contributed by atoms with Crippen LogP contribution in [0, 0.1) is 0 Å². The van der Waals surface area contributed by atoms with Gasteiger partial charge in [0.25, 0.3) is 5.56 Å². The number of urea groups is 1. The third-order valence-corrected chi connectivity index (χ3v) is 7.95. The van der Waals surface area contributed by atoms with Gasteiger partial charge in [0.2, 0.25) is 5.91 Å². The number of nitrogens with zero attached hydrogens (tertiary/aromatic N) is 2. The second-order valence-electron chi connectivity index (χ2n) is 6.43. The first kappa shape index (κ1) is 20.8. The van der Waals surface area contributed by atoms with Crippen molar-refractivity contribution in [3.05, 3.63) is 40.2 Å². The van der Waals surface area contributed by atoms with E-state index in [9.17, 15) is 14.4 Å². The summed E-state index contributed by atoms with van der Waals surface area (Å²) in [6.07, 6.45) is 1.88. The summed E-state index contributed by atoms with van der Waals surface area (Å²) in [6, 6.07) is 6.15. The highest BCUT2D eigenvalue weighted by Crippen LogP contribution is 2.41. The average Bonchev–Trinajstić information content (AvgIpc) is 3.10. The molecule has 3 aromatic rings. The van der Waals surface area contributed by atoms with Crippen LogP contribution in [0.4, 0.5) is 4.79 Å². The Bertz CT molecular complexity index is 1190. The van der Waals surface area contributed by atoms with Crippen molar-refractivity contribution < 1.29 is 14.3 Å². The largest absolute Gasteiger partial charge is 0.497 e. The molecule has 156 valence electrons. The molecule has 3 N–H and O–H groups in total. The molecule has 3 amide bonds. The Balaban J connectivity index is 1.83. The second-order valence-corrected chi connectivity index (χ2v) is 9.74. The Kier molecular flexibility index (Phi) is 6.02. The minimum Gasteiger partial charge on any atom is -0.497 e. The van der Waals surface area contributed by atoms with E-state index in [1.54, 1.807) is 43.1 Å². The Morgan fingerprint density at radius 1 is 1.33 bits per heavy atom. The number of methoxy groups -OCH3 is 1. The standard InChI is InChI=1S/C19H18N4O4S3/c1-27-11-6-4-10(5-7-11)23-16(25)14-12-3-2-8-28-17(12)30-15(14)22-19(23)29-9-13(24)21-18(20)26/h4-7H,2-3,8-9H2,1H3,(H3,20,21,24,26). The quantitative estimate of drug-likeness (QED) is 0.442. The van der Waals surface area contributed by atoms with Crippen LogP contribution in [0.5, 0.6) is 5.75 Å². The lowest BCUT2D eigenvalue weighted by Gasteiger charge is -2.13. The van der Waals surface area contributed by atoms with E-state index in [4.69, 9.17) is 15.5 Å². The van der Waals surface area contributed by atoms with Crippen LogP contribution in [0.25, 0.3) is 15.9 Å². The maximum atomic E-state index is 13.6. The first-order valence-electron chi connectivity index (χ1n) is 9.05. The van der Waals surface area contributed by atoms with Crippen molar-refractivity contribution >= 4 is 57.0 Å². The van der Waals surface area contributed by atoms with E-state index in [0.717, 1.165) is 40.1 Å². The normalized spacial score (nSPS) is 13.1. The van der Waals surface area contributed by atoms with Crippen molar-refractivity contribution in [3.8, 4) is 11.4 Å².